The van der Waals surface area contributed by atoms with E-state index in [-0.39, 0.29) is 0 Å². The zero-order chi connectivity index (χ0) is 6.24. The van der Waals surface area contributed by atoms with Crippen LogP contribution in [0.5, 0.6) is 0 Å². The predicted octanol–water partition coefficient (Wildman–Crippen LogP) is 1.06. The number of aliphatic imine (C=N–C) groups is 1. The molecule has 8 heavy (non-hydrogen) atoms. The highest BCUT2D eigenvalue weighted by atomic mass is 14.7. The number of nitrogens with zero attached hydrogens (tertiary/aromatic N) is 1. The first kappa shape index (κ1) is 6.95. The molecule has 2 N–H and O–H groups in total. The molecule has 0 aliphatic carbocycles. The van der Waals surface area contributed by atoms with Gasteiger partial charge in [-0.05, 0) is 13.0 Å². The molecule has 0 aromatic carbocycles. The number of nitrogens with two attached hydrogens (primary N) is 1. The molecule has 2 nitrogen and oxygen atoms in total. The predicted molar refractivity (Wildman–Crippen MR) is 36.6 cm³/mol. The zero-order valence-electron chi connectivity index (χ0n) is 4.91. The minimum absolute atomic E-state index is 1.39. The van der Waals surface area contributed by atoms with E-state index in [2.05, 4.69) is 4.99 Å². The van der Waals surface area contributed by atoms with Gasteiger partial charge in [-0.25, -0.2) is 0 Å². The summed E-state index contributed by atoms with van der Waals surface area (Å²) in [6.07, 6.45) is 8.32. The maximum absolute atomic E-state index is 4.99. The van der Waals surface area contributed by atoms with Crippen molar-refractivity contribution in [3.05, 3.63) is 24.6 Å². The third kappa shape index (κ3) is 4.95. The Morgan fingerprint density at radius 2 is 2.25 bits per heavy atom. The van der Waals surface area contributed by atoms with E-state index in [1.54, 1.807) is 6.21 Å². The van der Waals surface area contributed by atoms with Crippen molar-refractivity contribution in [2.75, 3.05) is 0 Å². The number of allylic oxidation sites excluding steroid dienone is 2. The largest absolute Gasteiger partial charge is 0.403 e. The van der Waals surface area contributed by atoms with E-state index < -0.39 is 0 Å². The van der Waals surface area contributed by atoms with Gasteiger partial charge in [-0.2, -0.15) is 0 Å². The average molecular weight is 110 g/mol. The fourth-order valence-electron chi connectivity index (χ4n) is 0.235. The highest BCUT2D eigenvalue weighted by molar-refractivity contribution is 5.71. The van der Waals surface area contributed by atoms with Crippen molar-refractivity contribution in [2.24, 2.45) is 10.7 Å². The van der Waals surface area contributed by atoms with E-state index in [1.165, 1.54) is 12.4 Å². The minimum Gasteiger partial charge on any atom is -0.403 e. The molecule has 0 aromatic rings. The average Bonchev–Trinajstić information content (AvgIpc) is 1.81. The van der Waals surface area contributed by atoms with Crippen LogP contribution in [0.4, 0.5) is 0 Å². The topological polar surface area (TPSA) is 38.4 Å². The van der Waals surface area contributed by atoms with Crippen molar-refractivity contribution >= 4 is 6.21 Å². The molecular formula is C6H10N2. The van der Waals surface area contributed by atoms with Gasteiger partial charge in [-0.3, -0.25) is 4.99 Å². The molecule has 0 aliphatic heterocycles. The molecule has 0 atom stereocenters. The van der Waals surface area contributed by atoms with Gasteiger partial charge in [0.15, 0.2) is 0 Å². The van der Waals surface area contributed by atoms with Crippen LogP contribution in [0.2, 0.25) is 0 Å². The van der Waals surface area contributed by atoms with E-state index >= 15 is 0 Å². The normalized spacial score (nSPS) is 12.6. The summed E-state index contributed by atoms with van der Waals surface area (Å²) in [5, 5.41) is 0. The monoisotopic (exact) mass is 110 g/mol. The molecule has 0 saturated heterocycles. The van der Waals surface area contributed by atoms with Crippen LogP contribution in [0.25, 0.3) is 0 Å². The van der Waals surface area contributed by atoms with Gasteiger partial charge >= 0.3 is 0 Å². The molecule has 0 aliphatic rings. The Balaban J connectivity index is 3.35. The van der Waals surface area contributed by atoms with Crippen LogP contribution in [0.15, 0.2) is 29.5 Å². The summed E-state index contributed by atoms with van der Waals surface area (Å²) in [7, 11) is 0. The van der Waals surface area contributed by atoms with E-state index in [9.17, 15) is 0 Å². The van der Waals surface area contributed by atoms with Crippen molar-refractivity contribution in [3.63, 3.8) is 0 Å². The lowest BCUT2D eigenvalue weighted by molar-refractivity contribution is 1.50. The van der Waals surface area contributed by atoms with Gasteiger partial charge < -0.3 is 5.73 Å². The highest BCUT2D eigenvalue weighted by Crippen LogP contribution is 1.68. The molecule has 0 fully saturated rings. The quantitative estimate of drug-likeness (QED) is 0.530. The minimum atomic E-state index is 1.39. The maximum Gasteiger partial charge on any atom is 0.0422 e. The van der Waals surface area contributed by atoms with Gasteiger partial charge in [-0.15, -0.1) is 0 Å². The number of hydrogen-bond donors (Lipinski definition) is 1. The molecule has 0 saturated carbocycles. The molecule has 0 heterocycles. The van der Waals surface area contributed by atoms with Crippen LogP contribution in [0, 0.1) is 0 Å². The Kier molecular flexibility index (Phi) is 5.17. The van der Waals surface area contributed by atoms with Gasteiger partial charge in [0.2, 0.25) is 0 Å². The van der Waals surface area contributed by atoms with E-state index in [4.69, 9.17) is 5.73 Å². The Morgan fingerprint density at radius 1 is 1.50 bits per heavy atom. The first-order chi connectivity index (χ1) is 3.91. The molecule has 0 spiro atoms. The molecule has 0 bridgehead atoms. The van der Waals surface area contributed by atoms with Crippen LogP contribution in [0.3, 0.4) is 0 Å². The summed E-state index contributed by atoms with van der Waals surface area (Å²) in [6, 6.07) is 0. The Labute approximate surface area is 49.4 Å². The molecular weight excluding hydrogens is 100 g/mol. The van der Waals surface area contributed by atoms with Crippen molar-refractivity contribution in [1.82, 2.24) is 0 Å². The summed E-state index contributed by atoms with van der Waals surface area (Å²) in [4.78, 5) is 3.76. The van der Waals surface area contributed by atoms with E-state index in [0.29, 0.717) is 0 Å². The van der Waals surface area contributed by atoms with Gasteiger partial charge in [0, 0.05) is 18.6 Å². The van der Waals surface area contributed by atoms with E-state index in [0.717, 1.165) is 0 Å². The summed E-state index contributed by atoms with van der Waals surface area (Å²) >= 11 is 0. The second kappa shape index (κ2) is 5.95. The molecule has 2 heteroatoms. The van der Waals surface area contributed by atoms with Gasteiger partial charge in [-0.1, -0.05) is 6.08 Å². The molecule has 0 unspecified atom stereocenters. The lowest BCUT2D eigenvalue weighted by atomic mass is 10.6. The van der Waals surface area contributed by atoms with Crippen LogP contribution < -0.4 is 5.73 Å². The molecule has 0 aromatic heterocycles. The van der Waals surface area contributed by atoms with E-state index in [1.807, 2.05) is 19.1 Å². The number of hydrogen-bond acceptors (Lipinski definition) is 2. The summed E-state index contributed by atoms with van der Waals surface area (Å²) in [6.45, 7) is 1.93. The van der Waals surface area contributed by atoms with Gasteiger partial charge in [0.1, 0.15) is 0 Å². The fraction of sp³-hybridized carbons (Fsp3) is 0.167. The zero-order valence-corrected chi connectivity index (χ0v) is 4.91. The van der Waals surface area contributed by atoms with Crippen LogP contribution in [-0.4, -0.2) is 6.21 Å². The Bertz CT molecular complexity index is 97.7. The Morgan fingerprint density at radius 3 is 2.75 bits per heavy atom. The Hall–Kier alpha value is -1.05. The summed E-state index contributed by atoms with van der Waals surface area (Å²) in [5.41, 5.74) is 4.99. The summed E-state index contributed by atoms with van der Waals surface area (Å²) < 4.78 is 0. The molecule has 0 rings (SSSR count). The van der Waals surface area contributed by atoms with Gasteiger partial charge in [0.05, 0.1) is 0 Å². The lowest BCUT2D eigenvalue weighted by Crippen LogP contribution is -1.72. The molecule has 44 valence electrons. The van der Waals surface area contributed by atoms with Crippen molar-refractivity contribution in [1.29, 1.82) is 0 Å². The van der Waals surface area contributed by atoms with Crippen molar-refractivity contribution < 1.29 is 0 Å². The molecule has 0 amide bonds. The maximum atomic E-state index is 4.99. The van der Waals surface area contributed by atoms with Gasteiger partial charge in [0.25, 0.3) is 0 Å². The first-order valence-corrected chi connectivity index (χ1v) is 2.43. The van der Waals surface area contributed by atoms with Crippen LogP contribution in [0.1, 0.15) is 6.92 Å². The third-order valence-corrected chi connectivity index (χ3v) is 0.537. The first-order valence-electron chi connectivity index (χ1n) is 2.43. The third-order valence-electron chi connectivity index (χ3n) is 0.537. The standard InChI is InChI=1S/C6H10N2/c1-2-3-5-8-6-4-7/h2-6H,7H2,1H3/b3-2-,6-4-,8-5-. The summed E-state index contributed by atoms with van der Waals surface area (Å²) in [5.74, 6) is 0. The second-order valence-electron chi connectivity index (χ2n) is 1.17. The number of rotatable bonds is 2. The molecule has 0 radical (unpaired) electrons. The second-order valence-corrected chi connectivity index (χ2v) is 1.17. The van der Waals surface area contributed by atoms with Crippen LogP contribution >= 0.6 is 0 Å². The SMILES string of the molecule is C\C=C/C=N\C=C/N. The lowest BCUT2D eigenvalue weighted by Gasteiger charge is -1.69. The van der Waals surface area contributed by atoms with Crippen LogP contribution in [-0.2, 0) is 0 Å². The smallest absolute Gasteiger partial charge is 0.0422 e. The van der Waals surface area contributed by atoms with Crippen molar-refractivity contribution in [3.8, 4) is 0 Å². The highest BCUT2D eigenvalue weighted by Gasteiger charge is 1.55. The fourth-order valence-corrected chi connectivity index (χ4v) is 0.235. The van der Waals surface area contributed by atoms with Crippen molar-refractivity contribution in [2.45, 2.75) is 6.92 Å².